The van der Waals surface area contributed by atoms with Crippen LogP contribution in [0.1, 0.15) is 29.7 Å². The lowest BCUT2D eigenvalue weighted by Crippen LogP contribution is -2.42. The highest BCUT2D eigenvalue weighted by molar-refractivity contribution is 5.97. The molecule has 0 unspecified atom stereocenters. The van der Waals surface area contributed by atoms with E-state index in [2.05, 4.69) is 10.6 Å². The number of esters is 1. The number of urea groups is 1. The molecule has 2 aromatic carbocycles. The van der Waals surface area contributed by atoms with Gasteiger partial charge in [0.25, 0.3) is 5.91 Å². The molecule has 148 valence electrons. The van der Waals surface area contributed by atoms with Gasteiger partial charge in [-0.15, -0.1) is 0 Å². The third-order valence-corrected chi connectivity index (χ3v) is 4.00. The molecule has 0 aromatic heterocycles. The average Bonchev–Trinajstić information content (AvgIpc) is 2.67. The second-order valence-corrected chi connectivity index (χ2v) is 6.16. The smallest absolute Gasteiger partial charge is 0.345 e. The molecule has 0 bridgehead atoms. The van der Waals surface area contributed by atoms with Crippen molar-refractivity contribution in [2.45, 2.75) is 26.9 Å². The van der Waals surface area contributed by atoms with Gasteiger partial charge in [0.15, 0.2) is 6.61 Å². The predicted octanol–water partition coefficient (Wildman–Crippen LogP) is 2.81. The zero-order valence-electron chi connectivity index (χ0n) is 16.2. The molecule has 2 rings (SSSR count). The van der Waals surface area contributed by atoms with Gasteiger partial charge < -0.3 is 14.8 Å². The van der Waals surface area contributed by atoms with E-state index >= 15 is 0 Å². The van der Waals surface area contributed by atoms with E-state index in [9.17, 15) is 14.4 Å². The van der Waals surface area contributed by atoms with E-state index in [0.717, 1.165) is 11.1 Å². The molecular weight excluding hydrogens is 360 g/mol. The molecule has 28 heavy (non-hydrogen) atoms. The lowest BCUT2D eigenvalue weighted by Gasteiger charge is -2.18. The van der Waals surface area contributed by atoms with Crippen LogP contribution in [0.3, 0.4) is 0 Å². The van der Waals surface area contributed by atoms with Crippen molar-refractivity contribution in [1.29, 1.82) is 0 Å². The van der Waals surface area contributed by atoms with Gasteiger partial charge in [0.05, 0.1) is 0 Å². The quantitative estimate of drug-likeness (QED) is 0.716. The zero-order chi connectivity index (χ0) is 20.5. The van der Waals surface area contributed by atoms with E-state index in [4.69, 9.17) is 9.47 Å². The molecule has 0 saturated heterocycles. The van der Waals surface area contributed by atoms with E-state index in [0.29, 0.717) is 17.9 Å². The Balaban J connectivity index is 2.04. The Morgan fingerprint density at radius 3 is 2.36 bits per heavy atom. The maximum atomic E-state index is 12.4. The molecule has 7 heteroatoms. The predicted molar refractivity (Wildman–Crippen MR) is 104 cm³/mol. The van der Waals surface area contributed by atoms with Crippen LogP contribution in [0, 0.1) is 13.8 Å². The summed E-state index contributed by atoms with van der Waals surface area (Å²) in [6, 6.07) is 13.3. The van der Waals surface area contributed by atoms with Crippen molar-refractivity contribution in [3.8, 4) is 5.75 Å². The zero-order valence-corrected chi connectivity index (χ0v) is 16.2. The fourth-order valence-corrected chi connectivity index (χ4v) is 2.39. The third-order valence-electron chi connectivity index (χ3n) is 4.00. The van der Waals surface area contributed by atoms with Crippen molar-refractivity contribution in [1.82, 2.24) is 10.6 Å². The maximum Gasteiger partial charge on any atom is 0.345 e. The summed E-state index contributed by atoms with van der Waals surface area (Å²) in [5.41, 5.74) is 2.60. The monoisotopic (exact) mass is 384 g/mol. The molecule has 3 amide bonds. The maximum absolute atomic E-state index is 12.4. The van der Waals surface area contributed by atoms with Crippen LogP contribution in [-0.2, 0) is 14.3 Å². The van der Waals surface area contributed by atoms with Crippen molar-refractivity contribution < 1.29 is 23.9 Å². The van der Waals surface area contributed by atoms with Crippen molar-refractivity contribution in [3.63, 3.8) is 0 Å². The number of carbonyl (C=O) groups is 3. The van der Waals surface area contributed by atoms with Crippen molar-refractivity contribution in [3.05, 3.63) is 65.2 Å². The lowest BCUT2D eigenvalue weighted by molar-refractivity contribution is -0.158. The minimum absolute atomic E-state index is 0.360. The topological polar surface area (TPSA) is 93.7 Å². The number of aryl methyl sites for hydroxylation is 2. The Bertz CT molecular complexity index is 836. The Labute approximate surface area is 164 Å². The summed E-state index contributed by atoms with van der Waals surface area (Å²) in [6.45, 7) is 5.64. The summed E-state index contributed by atoms with van der Waals surface area (Å²) >= 11 is 0. The second kappa shape index (κ2) is 10.1. The number of nitrogens with one attached hydrogen (secondary N) is 2. The van der Waals surface area contributed by atoms with Crippen LogP contribution in [0.25, 0.3) is 0 Å². The second-order valence-electron chi connectivity index (χ2n) is 6.16. The van der Waals surface area contributed by atoms with Gasteiger partial charge in [0, 0.05) is 12.1 Å². The molecule has 0 radical (unpaired) electrons. The Kier molecular flexibility index (Phi) is 7.56. The lowest BCUT2D eigenvalue weighted by atomic mass is 10.1. The van der Waals surface area contributed by atoms with Crippen LogP contribution in [0.5, 0.6) is 5.75 Å². The highest BCUT2D eigenvalue weighted by atomic mass is 16.6. The van der Waals surface area contributed by atoms with E-state index in [-0.39, 0.29) is 6.61 Å². The average molecular weight is 384 g/mol. The summed E-state index contributed by atoms with van der Waals surface area (Å²) in [6.07, 6.45) is -1.26. The first kappa shape index (κ1) is 21.0. The van der Waals surface area contributed by atoms with E-state index in [1.807, 2.05) is 26.0 Å². The molecule has 2 aromatic rings. The molecule has 0 heterocycles. The van der Waals surface area contributed by atoms with Gasteiger partial charge in [-0.1, -0.05) is 36.4 Å². The number of ether oxygens (including phenoxy) is 2. The summed E-state index contributed by atoms with van der Waals surface area (Å²) in [5, 5.41) is 4.62. The number of hydrogen-bond acceptors (Lipinski definition) is 5. The van der Waals surface area contributed by atoms with E-state index < -0.39 is 24.0 Å². The normalized spacial score (nSPS) is 11.2. The van der Waals surface area contributed by atoms with Gasteiger partial charge in [-0.25, -0.2) is 9.59 Å². The number of benzene rings is 2. The van der Waals surface area contributed by atoms with Crippen LogP contribution in [-0.4, -0.2) is 31.1 Å². The van der Waals surface area contributed by atoms with Crippen LogP contribution in [0.2, 0.25) is 0 Å². The molecular formula is C21H24N2O5. The van der Waals surface area contributed by atoms with Crippen molar-refractivity contribution in [2.75, 3.05) is 13.2 Å². The Hall–Kier alpha value is -3.35. The van der Waals surface area contributed by atoms with Crippen LogP contribution in [0.15, 0.2) is 48.5 Å². The van der Waals surface area contributed by atoms with Gasteiger partial charge >= 0.3 is 12.0 Å². The molecule has 2 N–H and O–H groups in total. The fourth-order valence-electron chi connectivity index (χ4n) is 2.39. The van der Waals surface area contributed by atoms with Gasteiger partial charge in [-0.2, -0.15) is 0 Å². The largest absolute Gasteiger partial charge is 0.482 e. The van der Waals surface area contributed by atoms with Crippen LogP contribution < -0.4 is 15.4 Å². The van der Waals surface area contributed by atoms with Gasteiger partial charge in [0.1, 0.15) is 5.75 Å². The highest BCUT2D eigenvalue weighted by Gasteiger charge is 2.26. The van der Waals surface area contributed by atoms with Crippen molar-refractivity contribution >= 4 is 17.9 Å². The SMILES string of the molecule is CCNC(=O)NC(=O)[C@H](OC(=O)COc1ccc(C)c(C)c1)c1ccccc1. The molecule has 0 aliphatic carbocycles. The summed E-state index contributed by atoms with van der Waals surface area (Å²) < 4.78 is 10.8. The molecule has 0 fully saturated rings. The number of imide groups is 1. The van der Waals surface area contributed by atoms with Crippen LogP contribution >= 0.6 is 0 Å². The van der Waals surface area contributed by atoms with Crippen LogP contribution in [0.4, 0.5) is 4.79 Å². The molecule has 0 spiro atoms. The fraction of sp³-hybridized carbons (Fsp3) is 0.286. The van der Waals surface area contributed by atoms with Gasteiger partial charge in [-0.05, 0) is 44.0 Å². The number of rotatable bonds is 7. The summed E-state index contributed by atoms with van der Waals surface area (Å²) in [5.74, 6) is -0.933. The number of amides is 3. The minimum Gasteiger partial charge on any atom is -0.482 e. The minimum atomic E-state index is -1.26. The molecule has 0 saturated carbocycles. The van der Waals surface area contributed by atoms with E-state index in [1.54, 1.807) is 43.3 Å². The number of hydrogen-bond donors (Lipinski definition) is 2. The summed E-state index contributed by atoms with van der Waals surface area (Å²) in [7, 11) is 0. The molecule has 0 aliphatic heterocycles. The molecule has 1 atom stereocenters. The van der Waals surface area contributed by atoms with E-state index in [1.165, 1.54) is 0 Å². The molecule has 7 nitrogen and oxygen atoms in total. The standard InChI is InChI=1S/C21H24N2O5/c1-4-22-21(26)23-20(25)19(16-8-6-5-7-9-16)28-18(24)13-27-17-11-10-14(2)15(3)12-17/h5-12,19H,4,13H2,1-3H3,(H2,22,23,25,26)/t19-/m1/s1. The number of carbonyl (C=O) groups excluding carboxylic acids is 3. The third kappa shape index (κ3) is 6.12. The first-order valence-electron chi connectivity index (χ1n) is 8.94. The Morgan fingerprint density at radius 2 is 1.71 bits per heavy atom. The molecule has 0 aliphatic rings. The highest BCUT2D eigenvalue weighted by Crippen LogP contribution is 2.19. The first-order chi connectivity index (χ1) is 13.4. The van der Waals surface area contributed by atoms with Gasteiger partial charge in [0.2, 0.25) is 6.10 Å². The Morgan fingerprint density at radius 1 is 1.00 bits per heavy atom. The van der Waals surface area contributed by atoms with Gasteiger partial charge in [-0.3, -0.25) is 10.1 Å². The first-order valence-corrected chi connectivity index (χ1v) is 8.94. The summed E-state index contributed by atoms with van der Waals surface area (Å²) in [4.78, 5) is 36.3. The van der Waals surface area contributed by atoms with Crippen molar-refractivity contribution in [2.24, 2.45) is 0 Å².